The van der Waals surface area contributed by atoms with Crippen LogP contribution < -0.4 is 10.6 Å². The third-order valence-electron chi connectivity index (χ3n) is 5.20. The summed E-state index contributed by atoms with van der Waals surface area (Å²) in [7, 11) is 1.99. The Morgan fingerprint density at radius 2 is 1.43 bits per heavy atom. The van der Waals surface area contributed by atoms with Gasteiger partial charge in [0.2, 0.25) is 0 Å². The molecule has 0 bridgehead atoms. The minimum atomic E-state index is 0.0739. The quantitative estimate of drug-likeness (QED) is 0.641. The molecule has 1 saturated carbocycles. The summed E-state index contributed by atoms with van der Waals surface area (Å²) in [5.41, 5.74) is 0. The highest BCUT2D eigenvalue weighted by atomic mass is 16.1. The molecule has 0 spiro atoms. The number of Topliss-reactive ketones (excluding diaryl/α,β-unsaturated/α-hetero) is 1. The molecular formula is C20H40N2O. The first-order chi connectivity index (χ1) is 11.2. The van der Waals surface area contributed by atoms with E-state index in [2.05, 4.69) is 10.6 Å². The SMILES string of the molecule is CNCCCCC(NC1CCCCCCCCCCC1)C(C)=O. The standard InChI is InChI=1S/C20H40N2O/c1-18(23)20(16-12-13-17-21-2)22-19-14-10-8-6-4-3-5-7-9-11-15-19/h19-22H,3-17H2,1-2H3. The second kappa shape index (κ2) is 14.0. The average molecular weight is 325 g/mol. The molecule has 0 aromatic rings. The summed E-state index contributed by atoms with van der Waals surface area (Å²) < 4.78 is 0. The molecule has 0 radical (unpaired) electrons. The average Bonchev–Trinajstić information content (AvgIpc) is 2.52. The highest BCUT2D eigenvalue weighted by Crippen LogP contribution is 2.18. The Kier molecular flexibility index (Phi) is 12.5. The third-order valence-corrected chi connectivity index (χ3v) is 5.20. The fourth-order valence-corrected chi connectivity index (χ4v) is 3.67. The molecule has 1 aliphatic carbocycles. The minimum Gasteiger partial charge on any atom is -0.320 e. The molecule has 136 valence electrons. The lowest BCUT2D eigenvalue weighted by Gasteiger charge is -2.25. The predicted octanol–water partition coefficient (Wildman–Crippen LogP) is 4.60. The van der Waals surface area contributed by atoms with E-state index in [9.17, 15) is 4.79 Å². The summed E-state index contributed by atoms with van der Waals surface area (Å²) >= 11 is 0. The lowest BCUT2D eigenvalue weighted by molar-refractivity contribution is -0.119. The van der Waals surface area contributed by atoms with E-state index in [1.54, 1.807) is 6.92 Å². The molecule has 0 heterocycles. The smallest absolute Gasteiger partial charge is 0.146 e. The molecule has 1 unspecified atom stereocenters. The number of unbranched alkanes of at least 4 members (excludes halogenated alkanes) is 1. The van der Waals surface area contributed by atoms with Crippen LogP contribution in [0.4, 0.5) is 0 Å². The molecule has 0 amide bonds. The van der Waals surface area contributed by atoms with Crippen LogP contribution in [0.15, 0.2) is 0 Å². The van der Waals surface area contributed by atoms with Gasteiger partial charge in [-0.1, -0.05) is 64.2 Å². The first kappa shape index (κ1) is 20.6. The maximum Gasteiger partial charge on any atom is 0.146 e. The van der Waals surface area contributed by atoms with E-state index in [1.807, 2.05) is 7.05 Å². The van der Waals surface area contributed by atoms with Gasteiger partial charge < -0.3 is 10.6 Å². The van der Waals surface area contributed by atoms with Crippen molar-refractivity contribution >= 4 is 5.78 Å². The summed E-state index contributed by atoms with van der Waals surface area (Å²) in [6, 6.07) is 0.623. The number of carbonyl (C=O) groups is 1. The van der Waals surface area contributed by atoms with Crippen molar-refractivity contribution in [2.75, 3.05) is 13.6 Å². The Bertz CT molecular complexity index is 281. The largest absolute Gasteiger partial charge is 0.320 e. The highest BCUT2D eigenvalue weighted by Gasteiger charge is 2.18. The molecule has 1 atom stereocenters. The number of hydrogen-bond acceptors (Lipinski definition) is 3. The Balaban J connectivity index is 2.39. The molecule has 1 fully saturated rings. The van der Waals surface area contributed by atoms with Crippen molar-refractivity contribution in [3.63, 3.8) is 0 Å². The molecule has 3 nitrogen and oxygen atoms in total. The Morgan fingerprint density at radius 3 is 1.91 bits per heavy atom. The molecule has 0 aromatic carbocycles. The Morgan fingerprint density at radius 1 is 0.913 bits per heavy atom. The van der Waals surface area contributed by atoms with Gasteiger partial charge in [0.25, 0.3) is 0 Å². The second-order valence-corrected chi connectivity index (χ2v) is 7.39. The van der Waals surface area contributed by atoms with Crippen LogP contribution in [0.5, 0.6) is 0 Å². The first-order valence-corrected chi connectivity index (χ1v) is 10.1. The predicted molar refractivity (Wildman–Crippen MR) is 100.0 cm³/mol. The van der Waals surface area contributed by atoms with Crippen LogP contribution in [-0.4, -0.2) is 31.5 Å². The van der Waals surface area contributed by atoms with Gasteiger partial charge in [-0.3, -0.25) is 4.79 Å². The molecule has 0 saturated heterocycles. The van der Waals surface area contributed by atoms with Gasteiger partial charge in [0.15, 0.2) is 0 Å². The molecule has 1 aliphatic rings. The second-order valence-electron chi connectivity index (χ2n) is 7.39. The monoisotopic (exact) mass is 324 g/mol. The fraction of sp³-hybridized carbons (Fsp3) is 0.950. The zero-order chi connectivity index (χ0) is 16.8. The molecule has 3 heteroatoms. The van der Waals surface area contributed by atoms with E-state index in [4.69, 9.17) is 0 Å². The molecule has 0 aliphatic heterocycles. The summed E-state index contributed by atoms with van der Waals surface area (Å²) in [6.45, 7) is 2.80. The topological polar surface area (TPSA) is 41.1 Å². The van der Waals surface area contributed by atoms with Gasteiger partial charge >= 0.3 is 0 Å². The van der Waals surface area contributed by atoms with Crippen molar-refractivity contribution in [2.45, 2.75) is 109 Å². The van der Waals surface area contributed by atoms with Crippen molar-refractivity contribution in [3.05, 3.63) is 0 Å². The van der Waals surface area contributed by atoms with E-state index in [-0.39, 0.29) is 6.04 Å². The molecular weight excluding hydrogens is 284 g/mol. The van der Waals surface area contributed by atoms with Gasteiger partial charge in [-0.05, 0) is 46.2 Å². The van der Waals surface area contributed by atoms with Crippen molar-refractivity contribution in [2.24, 2.45) is 0 Å². The van der Waals surface area contributed by atoms with Gasteiger partial charge in [0.05, 0.1) is 6.04 Å². The van der Waals surface area contributed by atoms with Crippen molar-refractivity contribution in [3.8, 4) is 0 Å². The van der Waals surface area contributed by atoms with Crippen LogP contribution in [0.25, 0.3) is 0 Å². The zero-order valence-electron chi connectivity index (χ0n) is 15.7. The van der Waals surface area contributed by atoms with Crippen molar-refractivity contribution < 1.29 is 4.79 Å². The van der Waals surface area contributed by atoms with E-state index < -0.39 is 0 Å². The van der Waals surface area contributed by atoms with Crippen LogP contribution in [-0.2, 0) is 4.79 Å². The van der Waals surface area contributed by atoms with Crippen LogP contribution in [0.1, 0.15) is 96.8 Å². The van der Waals surface area contributed by atoms with Gasteiger partial charge in [-0.2, -0.15) is 0 Å². The molecule has 1 rings (SSSR count). The summed E-state index contributed by atoms with van der Waals surface area (Å²) in [5.74, 6) is 0.320. The maximum absolute atomic E-state index is 12.0. The van der Waals surface area contributed by atoms with Crippen molar-refractivity contribution in [1.29, 1.82) is 0 Å². The number of ketones is 1. The van der Waals surface area contributed by atoms with Gasteiger partial charge in [0, 0.05) is 6.04 Å². The summed E-state index contributed by atoms with van der Waals surface area (Å²) in [4.78, 5) is 12.0. The third kappa shape index (κ3) is 10.9. The van der Waals surface area contributed by atoms with E-state index in [0.29, 0.717) is 11.8 Å². The molecule has 23 heavy (non-hydrogen) atoms. The van der Waals surface area contributed by atoms with Crippen LogP contribution >= 0.6 is 0 Å². The number of nitrogens with one attached hydrogen (secondary N) is 2. The van der Waals surface area contributed by atoms with E-state index >= 15 is 0 Å². The lowest BCUT2D eigenvalue weighted by atomic mass is 9.96. The van der Waals surface area contributed by atoms with Gasteiger partial charge in [-0.25, -0.2) is 0 Å². The van der Waals surface area contributed by atoms with Crippen LogP contribution in [0.2, 0.25) is 0 Å². The lowest BCUT2D eigenvalue weighted by Crippen LogP contribution is -2.42. The first-order valence-electron chi connectivity index (χ1n) is 10.1. The molecule has 2 N–H and O–H groups in total. The summed E-state index contributed by atoms with van der Waals surface area (Å²) in [6.07, 6.45) is 18.2. The number of hydrogen-bond donors (Lipinski definition) is 2. The van der Waals surface area contributed by atoms with E-state index in [1.165, 1.54) is 70.6 Å². The highest BCUT2D eigenvalue weighted by molar-refractivity contribution is 5.81. The number of rotatable bonds is 8. The van der Waals surface area contributed by atoms with Crippen molar-refractivity contribution in [1.82, 2.24) is 10.6 Å². The maximum atomic E-state index is 12.0. The zero-order valence-corrected chi connectivity index (χ0v) is 15.7. The minimum absolute atomic E-state index is 0.0739. The van der Waals surface area contributed by atoms with Crippen LogP contribution in [0, 0.1) is 0 Å². The fourth-order valence-electron chi connectivity index (χ4n) is 3.67. The molecule has 0 aromatic heterocycles. The van der Waals surface area contributed by atoms with Gasteiger partial charge in [-0.15, -0.1) is 0 Å². The number of carbonyl (C=O) groups excluding carboxylic acids is 1. The summed E-state index contributed by atoms with van der Waals surface area (Å²) in [5, 5.41) is 6.90. The Hall–Kier alpha value is -0.410. The normalized spacial score (nSPS) is 20.4. The van der Waals surface area contributed by atoms with Crippen LogP contribution in [0.3, 0.4) is 0 Å². The van der Waals surface area contributed by atoms with E-state index in [0.717, 1.165) is 25.8 Å². The Labute approximate surface area is 144 Å². The van der Waals surface area contributed by atoms with Gasteiger partial charge in [0.1, 0.15) is 5.78 Å².